The van der Waals surface area contributed by atoms with E-state index in [0.717, 1.165) is 14.2 Å². The van der Waals surface area contributed by atoms with E-state index in [4.69, 9.17) is 10.2 Å². The van der Waals surface area contributed by atoms with Gasteiger partial charge in [0.2, 0.25) is 0 Å². The fourth-order valence-corrected chi connectivity index (χ4v) is 0. The van der Waals surface area contributed by atoms with E-state index in [1.807, 2.05) is 0 Å². The van der Waals surface area contributed by atoms with Crippen molar-refractivity contribution in [2.24, 2.45) is 0 Å². The molecule has 0 heterocycles. The number of rotatable bonds is 0. The van der Waals surface area contributed by atoms with Gasteiger partial charge in [-0.2, -0.15) is 14.2 Å². The normalized spacial score (nSPS) is 2.40. The maximum absolute atomic E-state index is 8.25. The first-order chi connectivity index (χ1) is 2.00. The fraction of sp³-hybridized carbons (Fsp3) is 1.00. The first-order valence-corrected chi connectivity index (χ1v) is 0.816. The summed E-state index contributed by atoms with van der Waals surface area (Å²) in [5, 5.41) is 16.5. The van der Waals surface area contributed by atoms with Gasteiger partial charge < -0.3 is 10.2 Å². The molecule has 5 heavy (non-hydrogen) atoms. The Morgan fingerprint density at radius 2 is 0.800 bits per heavy atom. The van der Waals surface area contributed by atoms with Gasteiger partial charge in [-0.1, -0.05) is 0 Å². The van der Waals surface area contributed by atoms with Crippen LogP contribution < -0.4 is 10.2 Å². The first kappa shape index (κ1) is 18.0. The zero-order valence-corrected chi connectivity index (χ0v) is 4.06. The Bertz CT molecular complexity index is 7.61. The van der Waals surface area contributed by atoms with Gasteiger partial charge in [0.05, 0.1) is 0 Å². The molecule has 1 radical (unpaired) electrons. The molecule has 0 unspecified atom stereocenters. The summed E-state index contributed by atoms with van der Waals surface area (Å²) in [5.41, 5.74) is 0. The summed E-state index contributed by atoms with van der Waals surface area (Å²) >= 11 is 0. The Hall–Kier alpha value is 0.439. The van der Waals surface area contributed by atoms with E-state index in [0.29, 0.717) is 0 Å². The molecule has 0 aromatic rings. The van der Waals surface area contributed by atoms with Crippen LogP contribution in [0.5, 0.6) is 0 Å². The summed E-state index contributed by atoms with van der Waals surface area (Å²) in [6, 6.07) is 0. The molecule has 2 nitrogen and oxygen atoms in total. The van der Waals surface area contributed by atoms with Gasteiger partial charge in [-0.3, -0.25) is 0 Å². The molecule has 0 saturated heterocycles. The Morgan fingerprint density at radius 1 is 0.800 bits per heavy atom. The number of hydrogen-bond acceptors (Lipinski definition) is 2. The van der Waals surface area contributed by atoms with Crippen LogP contribution in [0, 0.1) is 0 Å². The van der Waals surface area contributed by atoms with E-state index in [1.54, 1.807) is 0 Å². The van der Waals surface area contributed by atoms with Crippen LogP contribution in [0.1, 0.15) is 0 Å². The summed E-state index contributed by atoms with van der Waals surface area (Å²) in [6.45, 7) is 0. The maximum atomic E-state index is 8.25. The smallest absolute Gasteiger partial charge is 0 e. The zero-order chi connectivity index (χ0) is 4.00. The van der Waals surface area contributed by atoms with Crippen LogP contribution in [0.3, 0.4) is 0 Å². The van der Waals surface area contributed by atoms with Crippen LogP contribution in [-0.2, 0) is 17.1 Å². The van der Waals surface area contributed by atoms with Crippen LogP contribution in [-0.4, -0.2) is 14.2 Å². The Labute approximate surface area is 42.3 Å². The molecule has 0 N–H and O–H groups in total. The summed E-state index contributed by atoms with van der Waals surface area (Å²) in [5.74, 6) is 0. The standard InChI is InChI=1S/2CH3O.Cu/c2*1-2;/h2*1H3;/q2*-1;. The minimum atomic E-state index is 0. The fourth-order valence-electron chi connectivity index (χ4n) is 0. The van der Waals surface area contributed by atoms with Gasteiger partial charge in [-0.15, -0.1) is 0 Å². The molecule has 0 rings (SSSR count). The van der Waals surface area contributed by atoms with Gasteiger partial charge in [-0.05, 0) is 0 Å². The Kier molecular flexibility index (Phi) is 980. The molecule has 0 bridgehead atoms. The van der Waals surface area contributed by atoms with E-state index < -0.39 is 0 Å². The van der Waals surface area contributed by atoms with Crippen molar-refractivity contribution in [2.45, 2.75) is 0 Å². The van der Waals surface area contributed by atoms with Crippen LogP contribution in [0.2, 0.25) is 0 Å². The molecule has 0 aliphatic rings. The van der Waals surface area contributed by atoms with E-state index >= 15 is 0 Å². The molecule has 0 spiro atoms. The average molecular weight is 126 g/mol. The molecule has 0 amide bonds. The Balaban J connectivity index is -0.0000000133. The average Bonchev–Trinajstić information content (AvgIpc) is 1.50. The zero-order valence-electron chi connectivity index (χ0n) is 3.12. The minimum absolute atomic E-state index is 0. The second-order valence-corrected chi connectivity index (χ2v) is 0. The third-order valence-corrected chi connectivity index (χ3v) is 0. The molecule has 0 aliphatic carbocycles. The largest absolute Gasteiger partial charge is 0.857 e. The van der Waals surface area contributed by atoms with Crippen molar-refractivity contribution in [1.29, 1.82) is 0 Å². The summed E-state index contributed by atoms with van der Waals surface area (Å²) < 4.78 is 0. The van der Waals surface area contributed by atoms with E-state index in [2.05, 4.69) is 0 Å². The topological polar surface area (TPSA) is 46.1 Å². The molecule has 0 aromatic heterocycles. The van der Waals surface area contributed by atoms with Gasteiger partial charge in [0.25, 0.3) is 0 Å². The van der Waals surface area contributed by atoms with Crippen molar-refractivity contribution in [1.82, 2.24) is 0 Å². The number of hydrogen-bond donors (Lipinski definition) is 0. The second-order valence-electron chi connectivity index (χ2n) is 0. The van der Waals surface area contributed by atoms with Crippen molar-refractivity contribution in [3.8, 4) is 0 Å². The second kappa shape index (κ2) is 272. The van der Waals surface area contributed by atoms with E-state index in [1.165, 1.54) is 0 Å². The van der Waals surface area contributed by atoms with E-state index in [9.17, 15) is 0 Å². The molecular weight excluding hydrogens is 120 g/mol. The van der Waals surface area contributed by atoms with Gasteiger partial charge in [0.15, 0.2) is 0 Å². The van der Waals surface area contributed by atoms with E-state index in [-0.39, 0.29) is 17.1 Å². The minimum Gasteiger partial charge on any atom is -0.857 e. The maximum Gasteiger partial charge on any atom is 0 e. The first-order valence-electron chi connectivity index (χ1n) is 0.816. The molecule has 3 heteroatoms. The van der Waals surface area contributed by atoms with Crippen molar-refractivity contribution in [3.63, 3.8) is 0 Å². The van der Waals surface area contributed by atoms with Crippen LogP contribution >= 0.6 is 0 Å². The molecule has 0 aliphatic heterocycles. The van der Waals surface area contributed by atoms with Crippen LogP contribution in [0.15, 0.2) is 0 Å². The van der Waals surface area contributed by atoms with Crippen molar-refractivity contribution in [2.75, 3.05) is 14.2 Å². The van der Waals surface area contributed by atoms with Crippen LogP contribution in [0.4, 0.5) is 0 Å². The third-order valence-electron chi connectivity index (χ3n) is 0. The van der Waals surface area contributed by atoms with Gasteiger partial charge in [-0.25, -0.2) is 0 Å². The predicted octanol–water partition coefficient (Wildman–Crippen LogP) is -2.05. The summed E-state index contributed by atoms with van der Waals surface area (Å²) in [4.78, 5) is 0. The predicted molar refractivity (Wildman–Crippen MR) is 11.8 cm³/mol. The SMILES string of the molecule is C[O-].C[O-].[Cu]. The Morgan fingerprint density at radius 3 is 0.800 bits per heavy atom. The quantitative estimate of drug-likeness (QED) is 0.350. The molecule has 0 aromatic carbocycles. The van der Waals surface area contributed by atoms with Crippen molar-refractivity contribution in [3.05, 3.63) is 0 Å². The third kappa shape index (κ3) is 137. The molecule has 0 fully saturated rings. The van der Waals surface area contributed by atoms with Gasteiger partial charge in [0.1, 0.15) is 0 Å². The van der Waals surface area contributed by atoms with Gasteiger partial charge >= 0.3 is 0 Å². The summed E-state index contributed by atoms with van der Waals surface area (Å²) in [7, 11) is 1.50. The van der Waals surface area contributed by atoms with Gasteiger partial charge in [0, 0.05) is 17.1 Å². The van der Waals surface area contributed by atoms with Crippen molar-refractivity contribution < 1.29 is 27.3 Å². The molecule has 0 atom stereocenters. The summed E-state index contributed by atoms with van der Waals surface area (Å²) in [6.07, 6.45) is 0. The monoisotopic (exact) mass is 125 g/mol. The van der Waals surface area contributed by atoms with Crippen LogP contribution in [0.25, 0.3) is 0 Å². The molecule has 39 valence electrons. The molecule has 0 saturated carbocycles. The van der Waals surface area contributed by atoms with Crippen molar-refractivity contribution >= 4 is 0 Å². The molecular formula is C2H6CuO2-2.